The summed E-state index contributed by atoms with van der Waals surface area (Å²) in [5.74, 6) is 0.772. The van der Waals surface area contributed by atoms with Crippen LogP contribution in [0.1, 0.15) is 48.0 Å². The predicted octanol–water partition coefficient (Wildman–Crippen LogP) is 2.17. The van der Waals surface area contributed by atoms with Gasteiger partial charge in [-0.15, -0.1) is 0 Å². The summed E-state index contributed by atoms with van der Waals surface area (Å²) in [6.45, 7) is 14.9. The van der Waals surface area contributed by atoms with Gasteiger partial charge in [0.1, 0.15) is 0 Å². The van der Waals surface area contributed by atoms with Gasteiger partial charge in [-0.25, -0.2) is 0 Å². The van der Waals surface area contributed by atoms with E-state index in [9.17, 15) is 4.79 Å². The third-order valence-electron chi connectivity index (χ3n) is 4.73. The Morgan fingerprint density at radius 3 is 2.12 bits per heavy atom. The maximum absolute atomic E-state index is 11.6. The Hall–Kier alpha value is -0.570. The van der Waals surface area contributed by atoms with Gasteiger partial charge in [0, 0.05) is 25.6 Å². The minimum atomic E-state index is 0.164. The SMILES string of the molecule is CC(C)NCCC(=O)NCC1C(C)(C)C1(C)C. The lowest BCUT2D eigenvalue weighted by molar-refractivity contribution is -0.121. The van der Waals surface area contributed by atoms with E-state index in [0.717, 1.165) is 13.1 Å². The molecule has 3 nitrogen and oxygen atoms in total. The third-order valence-corrected chi connectivity index (χ3v) is 4.73. The monoisotopic (exact) mass is 240 g/mol. The summed E-state index contributed by atoms with van der Waals surface area (Å²) in [6.07, 6.45) is 0.575. The Bertz CT molecular complexity index is 268. The van der Waals surface area contributed by atoms with Crippen LogP contribution in [0.2, 0.25) is 0 Å². The molecule has 0 bridgehead atoms. The number of hydrogen-bond donors (Lipinski definition) is 2. The molecule has 2 N–H and O–H groups in total. The maximum Gasteiger partial charge on any atom is 0.221 e. The average Bonchev–Trinajstić information content (AvgIpc) is 2.54. The molecule has 17 heavy (non-hydrogen) atoms. The standard InChI is InChI=1S/C14H28N2O/c1-10(2)15-8-7-12(17)16-9-11-13(3,4)14(11,5)6/h10-11,15H,7-9H2,1-6H3,(H,16,17). The van der Waals surface area contributed by atoms with Crippen molar-refractivity contribution in [2.45, 2.75) is 54.0 Å². The number of carbonyl (C=O) groups is 1. The van der Waals surface area contributed by atoms with Crippen LogP contribution in [0.4, 0.5) is 0 Å². The Morgan fingerprint density at radius 2 is 1.71 bits per heavy atom. The van der Waals surface area contributed by atoms with Crippen LogP contribution in [0.15, 0.2) is 0 Å². The van der Waals surface area contributed by atoms with Crippen LogP contribution in [-0.2, 0) is 4.79 Å². The summed E-state index contributed by atoms with van der Waals surface area (Å²) in [5.41, 5.74) is 0.715. The van der Waals surface area contributed by atoms with E-state index in [4.69, 9.17) is 0 Å². The molecule has 3 heteroatoms. The van der Waals surface area contributed by atoms with Crippen LogP contribution in [0, 0.1) is 16.7 Å². The minimum absolute atomic E-state index is 0.164. The first-order valence-electron chi connectivity index (χ1n) is 6.69. The quantitative estimate of drug-likeness (QED) is 0.747. The van der Waals surface area contributed by atoms with Crippen LogP contribution in [0.3, 0.4) is 0 Å². The van der Waals surface area contributed by atoms with Gasteiger partial charge in [0.05, 0.1) is 0 Å². The molecule has 0 unspecified atom stereocenters. The van der Waals surface area contributed by atoms with Crippen molar-refractivity contribution < 1.29 is 4.79 Å². The second-order valence-electron chi connectivity index (χ2n) is 6.66. The highest BCUT2D eigenvalue weighted by molar-refractivity contribution is 5.76. The largest absolute Gasteiger partial charge is 0.356 e. The molecule has 0 aromatic carbocycles. The van der Waals surface area contributed by atoms with E-state index in [-0.39, 0.29) is 5.91 Å². The van der Waals surface area contributed by atoms with Crippen molar-refractivity contribution >= 4 is 5.91 Å². The smallest absolute Gasteiger partial charge is 0.221 e. The topological polar surface area (TPSA) is 41.1 Å². The van der Waals surface area contributed by atoms with Crippen LogP contribution < -0.4 is 10.6 Å². The molecule has 0 saturated heterocycles. The molecule has 100 valence electrons. The van der Waals surface area contributed by atoms with Gasteiger partial charge in [-0.2, -0.15) is 0 Å². The molecule has 0 radical (unpaired) electrons. The summed E-state index contributed by atoms with van der Waals surface area (Å²) >= 11 is 0. The van der Waals surface area contributed by atoms with Crippen molar-refractivity contribution in [1.29, 1.82) is 0 Å². The van der Waals surface area contributed by atoms with Crippen LogP contribution in [-0.4, -0.2) is 25.0 Å². The Kier molecular flexibility index (Phi) is 4.23. The van der Waals surface area contributed by atoms with Gasteiger partial charge in [0.2, 0.25) is 5.91 Å². The molecule has 1 fully saturated rings. The Labute approximate surface area is 106 Å². The zero-order valence-corrected chi connectivity index (χ0v) is 12.2. The molecule has 0 aromatic heterocycles. The lowest BCUT2D eigenvalue weighted by atomic mass is 10.0. The molecule has 1 amide bonds. The fourth-order valence-electron chi connectivity index (χ4n) is 2.62. The normalized spacial score (nSPS) is 21.6. The number of amides is 1. The summed E-state index contributed by atoms with van der Waals surface area (Å²) < 4.78 is 0. The highest BCUT2D eigenvalue weighted by atomic mass is 16.1. The van der Waals surface area contributed by atoms with E-state index in [2.05, 4.69) is 52.2 Å². The number of hydrogen-bond acceptors (Lipinski definition) is 2. The number of carbonyl (C=O) groups excluding carboxylic acids is 1. The van der Waals surface area contributed by atoms with E-state index in [1.165, 1.54) is 0 Å². The van der Waals surface area contributed by atoms with Crippen molar-refractivity contribution in [3.8, 4) is 0 Å². The summed E-state index contributed by atoms with van der Waals surface area (Å²) in [6, 6.07) is 0.448. The number of rotatable bonds is 6. The fraction of sp³-hybridized carbons (Fsp3) is 0.929. The molecule has 0 spiro atoms. The molecule has 0 atom stereocenters. The van der Waals surface area contributed by atoms with E-state index >= 15 is 0 Å². The van der Waals surface area contributed by atoms with Crippen LogP contribution in [0.5, 0.6) is 0 Å². The fourth-order valence-corrected chi connectivity index (χ4v) is 2.62. The Morgan fingerprint density at radius 1 is 1.18 bits per heavy atom. The zero-order valence-electron chi connectivity index (χ0n) is 12.2. The van der Waals surface area contributed by atoms with Gasteiger partial charge in [0.15, 0.2) is 0 Å². The lowest BCUT2D eigenvalue weighted by Crippen LogP contribution is -2.32. The van der Waals surface area contributed by atoms with Crippen molar-refractivity contribution in [3.05, 3.63) is 0 Å². The van der Waals surface area contributed by atoms with Crippen LogP contribution >= 0.6 is 0 Å². The second kappa shape index (κ2) is 4.97. The van der Waals surface area contributed by atoms with Crippen molar-refractivity contribution in [3.63, 3.8) is 0 Å². The lowest BCUT2D eigenvalue weighted by Gasteiger charge is -2.09. The minimum Gasteiger partial charge on any atom is -0.356 e. The van der Waals surface area contributed by atoms with E-state index < -0.39 is 0 Å². The molecular weight excluding hydrogens is 212 g/mol. The average molecular weight is 240 g/mol. The van der Waals surface area contributed by atoms with Crippen LogP contribution in [0.25, 0.3) is 0 Å². The molecule has 1 saturated carbocycles. The summed E-state index contributed by atoms with van der Waals surface area (Å²) in [5, 5.41) is 6.30. The first kappa shape index (κ1) is 14.5. The van der Waals surface area contributed by atoms with E-state index in [1.807, 2.05) is 0 Å². The highest BCUT2D eigenvalue weighted by Gasteiger charge is 2.64. The predicted molar refractivity (Wildman–Crippen MR) is 71.8 cm³/mol. The summed E-state index contributed by atoms with van der Waals surface area (Å²) in [7, 11) is 0. The van der Waals surface area contributed by atoms with Crippen molar-refractivity contribution in [2.24, 2.45) is 16.7 Å². The van der Waals surface area contributed by atoms with Gasteiger partial charge < -0.3 is 10.6 Å². The van der Waals surface area contributed by atoms with Gasteiger partial charge in [-0.1, -0.05) is 41.5 Å². The van der Waals surface area contributed by atoms with Gasteiger partial charge in [0.25, 0.3) is 0 Å². The van der Waals surface area contributed by atoms with Gasteiger partial charge >= 0.3 is 0 Å². The second-order valence-corrected chi connectivity index (χ2v) is 6.66. The van der Waals surface area contributed by atoms with Gasteiger partial charge in [-0.3, -0.25) is 4.79 Å². The molecule has 1 rings (SSSR count). The first-order valence-corrected chi connectivity index (χ1v) is 6.69. The maximum atomic E-state index is 11.6. The first-order chi connectivity index (χ1) is 7.69. The highest BCUT2D eigenvalue weighted by Crippen LogP contribution is 2.67. The Balaban J connectivity index is 2.18. The molecule has 0 aliphatic heterocycles. The molecular formula is C14H28N2O. The summed E-state index contributed by atoms with van der Waals surface area (Å²) in [4.78, 5) is 11.6. The van der Waals surface area contributed by atoms with Crippen molar-refractivity contribution in [1.82, 2.24) is 10.6 Å². The third kappa shape index (κ3) is 3.21. The molecule has 1 aliphatic rings. The number of nitrogens with one attached hydrogen (secondary N) is 2. The van der Waals surface area contributed by atoms with Crippen molar-refractivity contribution in [2.75, 3.05) is 13.1 Å². The molecule has 1 aliphatic carbocycles. The van der Waals surface area contributed by atoms with Gasteiger partial charge in [-0.05, 0) is 16.7 Å². The molecule has 0 aromatic rings. The molecule has 0 heterocycles. The van der Waals surface area contributed by atoms with E-state index in [1.54, 1.807) is 0 Å². The van der Waals surface area contributed by atoms with E-state index in [0.29, 0.717) is 29.2 Å². The zero-order chi connectivity index (χ0) is 13.3.